The first kappa shape index (κ1) is 21.1. The largest absolute Gasteiger partial charge is 0.368 e. The van der Waals surface area contributed by atoms with Gasteiger partial charge in [-0.3, -0.25) is 9.59 Å². The number of primary amides is 1. The molecule has 1 amide bonds. The minimum absolute atomic E-state index is 0.00839. The van der Waals surface area contributed by atoms with Crippen LogP contribution in [0.25, 0.3) is 0 Å². The molecule has 1 aliphatic heterocycles. The second kappa shape index (κ2) is 8.19. The average Bonchev–Trinajstić information content (AvgIpc) is 2.86. The Bertz CT molecular complexity index is 875. The van der Waals surface area contributed by atoms with Gasteiger partial charge in [0.25, 0.3) is 0 Å². The Hall–Kier alpha value is -2.24. The Labute approximate surface area is 159 Å². The number of nitrogens with one attached hydrogen (secondary N) is 1. The van der Waals surface area contributed by atoms with Crippen LogP contribution in [-0.4, -0.2) is 37.9 Å². The van der Waals surface area contributed by atoms with E-state index < -0.39 is 32.3 Å². The van der Waals surface area contributed by atoms with Crippen LogP contribution in [0, 0.1) is 23.2 Å². The molecule has 1 fully saturated rings. The number of nitriles is 1. The van der Waals surface area contributed by atoms with E-state index >= 15 is 0 Å². The second-order valence-electron chi connectivity index (χ2n) is 6.92. The van der Waals surface area contributed by atoms with Crippen LogP contribution in [0.15, 0.2) is 29.2 Å². The fourth-order valence-corrected chi connectivity index (χ4v) is 6.61. The van der Waals surface area contributed by atoms with Gasteiger partial charge in [-0.1, -0.05) is 32.4 Å². The van der Waals surface area contributed by atoms with Crippen LogP contribution in [0.2, 0.25) is 0 Å². The van der Waals surface area contributed by atoms with Crippen molar-refractivity contribution in [3.63, 3.8) is 0 Å². The molecule has 3 atom stereocenters. The predicted molar refractivity (Wildman–Crippen MR) is 100 cm³/mol. The van der Waals surface area contributed by atoms with Gasteiger partial charge in [-0.25, -0.2) is 8.42 Å². The Balaban J connectivity index is 2.85. The lowest BCUT2D eigenvalue weighted by atomic mass is 9.75. The van der Waals surface area contributed by atoms with Crippen LogP contribution in [-0.2, 0) is 19.4 Å². The number of nitrogens with zero attached hydrogens (tertiary/aromatic N) is 1. The molecule has 2 rings (SSSR count). The van der Waals surface area contributed by atoms with Crippen molar-refractivity contribution in [2.75, 3.05) is 13.1 Å². The maximum absolute atomic E-state index is 13.8. The lowest BCUT2D eigenvalue weighted by Crippen LogP contribution is -2.62. The summed E-state index contributed by atoms with van der Waals surface area (Å²) < 4.78 is 25.5. The maximum atomic E-state index is 13.8. The zero-order valence-corrected chi connectivity index (χ0v) is 16.4. The van der Waals surface area contributed by atoms with Gasteiger partial charge in [0.05, 0.1) is 17.0 Å². The van der Waals surface area contributed by atoms with E-state index in [4.69, 9.17) is 5.73 Å². The van der Waals surface area contributed by atoms with Crippen molar-refractivity contribution in [3.05, 3.63) is 29.8 Å². The molecule has 1 aromatic carbocycles. The Morgan fingerprint density at radius 1 is 1.44 bits per heavy atom. The summed E-state index contributed by atoms with van der Waals surface area (Å²) in [6, 6.07) is 7.59. The monoisotopic (exact) mass is 391 g/mol. The minimum atomic E-state index is -4.41. The van der Waals surface area contributed by atoms with Crippen molar-refractivity contribution < 1.29 is 18.0 Å². The van der Waals surface area contributed by atoms with Gasteiger partial charge in [-0.2, -0.15) is 5.26 Å². The smallest absolute Gasteiger partial charge is 0.240 e. The molecule has 1 heterocycles. The summed E-state index contributed by atoms with van der Waals surface area (Å²) >= 11 is 0. The fraction of sp³-hybridized carbons (Fsp3) is 0.526. The number of Topliss-reactive ketones (excluding diaryl/α,β-unsaturated/α-hetero) is 1. The first-order valence-electron chi connectivity index (χ1n) is 9.02. The van der Waals surface area contributed by atoms with Crippen LogP contribution in [0.4, 0.5) is 0 Å². The number of hydrogen-bond acceptors (Lipinski definition) is 6. The highest BCUT2D eigenvalue weighted by molar-refractivity contribution is 7.93. The van der Waals surface area contributed by atoms with E-state index in [-0.39, 0.29) is 29.2 Å². The van der Waals surface area contributed by atoms with Crippen molar-refractivity contribution in [2.24, 2.45) is 17.6 Å². The van der Waals surface area contributed by atoms with Gasteiger partial charge in [-0.15, -0.1) is 0 Å². The molecule has 8 heteroatoms. The Morgan fingerprint density at radius 3 is 2.70 bits per heavy atom. The third kappa shape index (κ3) is 3.37. The SMILES string of the molecule is CCC(C)C(C(N)=O)(C1CCCNCC1=O)S(=O)(=O)c1ccccc1C#N. The molecule has 0 bridgehead atoms. The van der Waals surface area contributed by atoms with Crippen molar-refractivity contribution in [2.45, 2.75) is 42.8 Å². The molecule has 27 heavy (non-hydrogen) atoms. The van der Waals surface area contributed by atoms with Gasteiger partial charge in [-0.05, 0) is 37.4 Å². The quantitative estimate of drug-likeness (QED) is 0.748. The summed E-state index contributed by atoms with van der Waals surface area (Å²) in [6.07, 6.45) is 1.14. The number of benzene rings is 1. The molecular formula is C19H25N3O4S. The van der Waals surface area contributed by atoms with E-state index in [0.717, 1.165) is 0 Å². The Kier molecular flexibility index (Phi) is 6.39. The van der Waals surface area contributed by atoms with Gasteiger partial charge in [0, 0.05) is 5.92 Å². The van der Waals surface area contributed by atoms with Gasteiger partial charge < -0.3 is 11.1 Å². The van der Waals surface area contributed by atoms with Gasteiger partial charge >= 0.3 is 0 Å². The molecule has 0 radical (unpaired) electrons. The molecule has 1 aliphatic rings. The highest BCUT2D eigenvalue weighted by atomic mass is 32.2. The maximum Gasteiger partial charge on any atom is 0.240 e. The molecule has 3 unspecified atom stereocenters. The van der Waals surface area contributed by atoms with Crippen LogP contribution < -0.4 is 11.1 Å². The standard InChI is InChI=1S/C19H25N3O4S/c1-3-13(2)19(18(21)24,15-8-6-10-22-12-16(15)23)27(25,26)17-9-5-4-7-14(17)11-20/h4-5,7,9,13,15,22H,3,6,8,10,12H2,1-2H3,(H2,21,24). The van der Waals surface area contributed by atoms with Crippen LogP contribution in [0.3, 0.4) is 0 Å². The number of hydrogen-bond donors (Lipinski definition) is 2. The third-order valence-corrected chi connectivity index (χ3v) is 8.24. The number of nitrogens with two attached hydrogens (primary N) is 1. The number of rotatable bonds is 6. The molecule has 0 saturated carbocycles. The highest BCUT2D eigenvalue weighted by Crippen LogP contribution is 2.44. The van der Waals surface area contributed by atoms with E-state index in [1.54, 1.807) is 19.9 Å². The zero-order valence-electron chi connectivity index (χ0n) is 15.6. The summed E-state index contributed by atoms with van der Waals surface area (Å²) in [5.41, 5.74) is 5.67. The summed E-state index contributed by atoms with van der Waals surface area (Å²) in [5.74, 6) is -3.13. The van der Waals surface area contributed by atoms with Crippen LogP contribution in [0.1, 0.15) is 38.7 Å². The molecule has 0 spiro atoms. The number of sulfone groups is 1. The molecule has 3 N–H and O–H groups in total. The van der Waals surface area contributed by atoms with Crippen LogP contribution >= 0.6 is 0 Å². The van der Waals surface area contributed by atoms with E-state index in [1.165, 1.54) is 18.2 Å². The molecular weight excluding hydrogens is 366 g/mol. The summed E-state index contributed by atoms with van der Waals surface area (Å²) in [4.78, 5) is 25.4. The highest BCUT2D eigenvalue weighted by Gasteiger charge is 2.60. The van der Waals surface area contributed by atoms with Gasteiger partial charge in [0.1, 0.15) is 6.07 Å². The van der Waals surface area contributed by atoms with E-state index in [1.807, 2.05) is 6.07 Å². The van der Waals surface area contributed by atoms with Gasteiger partial charge in [0.2, 0.25) is 5.91 Å². The van der Waals surface area contributed by atoms with Gasteiger partial charge in [0.15, 0.2) is 20.4 Å². The van der Waals surface area contributed by atoms with Crippen molar-refractivity contribution in [3.8, 4) is 6.07 Å². The third-order valence-electron chi connectivity index (χ3n) is 5.52. The lowest BCUT2D eigenvalue weighted by molar-refractivity contribution is -0.131. The second-order valence-corrected chi connectivity index (χ2v) is 9.04. The van der Waals surface area contributed by atoms with Crippen molar-refractivity contribution in [1.29, 1.82) is 5.26 Å². The molecule has 7 nitrogen and oxygen atoms in total. The predicted octanol–water partition coefficient (Wildman–Crippen LogP) is 1.17. The van der Waals surface area contributed by atoms with Crippen molar-refractivity contribution in [1.82, 2.24) is 5.32 Å². The number of carbonyl (C=O) groups is 2. The molecule has 146 valence electrons. The van der Waals surface area contributed by atoms with Crippen LogP contribution in [0.5, 0.6) is 0 Å². The van der Waals surface area contributed by atoms with E-state index in [2.05, 4.69) is 5.32 Å². The number of amides is 1. The van der Waals surface area contributed by atoms with E-state index in [0.29, 0.717) is 19.4 Å². The van der Waals surface area contributed by atoms with Crippen molar-refractivity contribution >= 4 is 21.5 Å². The molecule has 1 saturated heterocycles. The van der Waals surface area contributed by atoms with E-state index in [9.17, 15) is 23.3 Å². The first-order chi connectivity index (χ1) is 12.7. The molecule has 0 aromatic heterocycles. The zero-order chi connectivity index (χ0) is 20.2. The summed E-state index contributed by atoms with van der Waals surface area (Å²) in [5, 5.41) is 12.3. The number of carbonyl (C=O) groups excluding carboxylic acids is 2. The Morgan fingerprint density at radius 2 is 2.11 bits per heavy atom. The summed E-state index contributed by atoms with van der Waals surface area (Å²) in [7, 11) is -4.41. The first-order valence-corrected chi connectivity index (χ1v) is 10.5. The number of ketones is 1. The summed E-state index contributed by atoms with van der Waals surface area (Å²) in [6.45, 7) is 3.94. The minimum Gasteiger partial charge on any atom is -0.368 e. The fourth-order valence-electron chi connectivity index (χ4n) is 4.00. The topological polar surface area (TPSA) is 130 Å². The molecule has 0 aliphatic carbocycles. The average molecular weight is 391 g/mol. The normalized spacial score (nSPS) is 21.5. The molecule has 1 aromatic rings. The lowest BCUT2D eigenvalue weighted by Gasteiger charge is -2.40.